The van der Waals surface area contributed by atoms with Crippen molar-refractivity contribution in [3.63, 3.8) is 0 Å². The van der Waals surface area contributed by atoms with Crippen molar-refractivity contribution in [3.05, 3.63) is 58.7 Å². The summed E-state index contributed by atoms with van der Waals surface area (Å²) in [6.45, 7) is 0. The first-order valence-electron chi connectivity index (χ1n) is 6.24. The molecule has 1 aliphatic heterocycles. The molecule has 0 aromatic heterocycles. The number of ketones is 2. The molecular weight excluding hydrogens is 260 g/mol. The van der Waals surface area contributed by atoms with Crippen LogP contribution in [0.25, 0.3) is 0 Å². The molecule has 0 fully saturated rings. The van der Waals surface area contributed by atoms with Gasteiger partial charge in [0.15, 0.2) is 34.9 Å². The summed E-state index contributed by atoms with van der Waals surface area (Å²) >= 11 is 0. The summed E-state index contributed by atoms with van der Waals surface area (Å²) in [6.07, 6.45) is -0.883. The number of Topliss-reactive ketones (excluding diaryl/α,β-unsaturated/α-hetero) is 2. The maximum Gasteiger partial charge on any atom is 0.198 e. The van der Waals surface area contributed by atoms with E-state index in [1.54, 1.807) is 30.3 Å². The van der Waals surface area contributed by atoms with Crippen LogP contribution in [0.1, 0.15) is 24.5 Å². The van der Waals surface area contributed by atoms with Crippen molar-refractivity contribution in [2.24, 2.45) is 0 Å². The van der Waals surface area contributed by atoms with Gasteiger partial charge in [-0.3, -0.25) is 9.59 Å². The van der Waals surface area contributed by atoms with Gasteiger partial charge < -0.3 is 14.9 Å². The van der Waals surface area contributed by atoms with Gasteiger partial charge in [0, 0.05) is 18.4 Å². The Morgan fingerprint density at radius 3 is 2.35 bits per heavy atom. The molecule has 1 aliphatic carbocycles. The molecule has 0 amide bonds. The van der Waals surface area contributed by atoms with E-state index in [2.05, 4.69) is 0 Å². The zero-order valence-electron chi connectivity index (χ0n) is 10.5. The summed E-state index contributed by atoms with van der Waals surface area (Å²) in [4.78, 5) is 23.6. The Bertz CT molecular complexity index is 654. The van der Waals surface area contributed by atoms with E-state index in [-0.39, 0.29) is 30.0 Å². The van der Waals surface area contributed by atoms with Crippen molar-refractivity contribution >= 4 is 11.6 Å². The van der Waals surface area contributed by atoms with Gasteiger partial charge in [-0.15, -0.1) is 0 Å². The highest BCUT2D eigenvalue weighted by Crippen LogP contribution is 2.39. The minimum Gasteiger partial charge on any atom is -0.505 e. The summed E-state index contributed by atoms with van der Waals surface area (Å²) < 4.78 is 5.48. The monoisotopic (exact) mass is 272 g/mol. The van der Waals surface area contributed by atoms with Gasteiger partial charge in [0.05, 0.1) is 0 Å². The largest absolute Gasteiger partial charge is 0.505 e. The third-order valence-corrected chi connectivity index (χ3v) is 3.40. The molecule has 1 aromatic carbocycles. The van der Waals surface area contributed by atoms with E-state index in [1.807, 2.05) is 0 Å². The number of allylic oxidation sites excluding steroid dienone is 2. The lowest BCUT2D eigenvalue weighted by Crippen LogP contribution is -2.28. The summed E-state index contributed by atoms with van der Waals surface area (Å²) in [6, 6.07) is 8.71. The van der Waals surface area contributed by atoms with Crippen LogP contribution in [0.3, 0.4) is 0 Å². The molecule has 0 saturated carbocycles. The van der Waals surface area contributed by atoms with Crippen molar-refractivity contribution in [1.29, 1.82) is 0 Å². The lowest BCUT2D eigenvalue weighted by atomic mass is 9.90. The molecule has 20 heavy (non-hydrogen) atoms. The van der Waals surface area contributed by atoms with Crippen LogP contribution in [0.4, 0.5) is 0 Å². The second-order valence-corrected chi connectivity index (χ2v) is 4.69. The van der Waals surface area contributed by atoms with Crippen LogP contribution in [0.15, 0.2) is 53.2 Å². The van der Waals surface area contributed by atoms with Gasteiger partial charge in [0.2, 0.25) is 0 Å². The Labute approximate surface area is 114 Å². The zero-order valence-corrected chi connectivity index (χ0v) is 10.5. The summed E-state index contributed by atoms with van der Waals surface area (Å²) in [5.74, 6) is -1.88. The number of aliphatic hydroxyl groups excluding tert-OH is 2. The number of benzene rings is 1. The molecule has 1 heterocycles. The van der Waals surface area contributed by atoms with Crippen LogP contribution in [0, 0.1) is 0 Å². The van der Waals surface area contributed by atoms with E-state index in [0.29, 0.717) is 5.56 Å². The van der Waals surface area contributed by atoms with Gasteiger partial charge in [0.25, 0.3) is 0 Å². The van der Waals surface area contributed by atoms with Crippen LogP contribution in [0.5, 0.6) is 0 Å². The van der Waals surface area contributed by atoms with Crippen molar-refractivity contribution in [1.82, 2.24) is 0 Å². The van der Waals surface area contributed by atoms with E-state index in [1.165, 1.54) is 0 Å². The molecule has 1 atom stereocenters. The molecule has 5 heteroatoms. The standard InChI is InChI=1S/C15H12O5/c16-9-6-7-10(17)15-11(9)12(18)13(19)14(20-15)8-4-2-1-3-5-8/h1-5,14,18-19H,6-7H2. The second-order valence-electron chi connectivity index (χ2n) is 4.69. The first kappa shape index (κ1) is 12.5. The molecule has 2 N–H and O–H groups in total. The van der Waals surface area contributed by atoms with Crippen molar-refractivity contribution < 1.29 is 24.5 Å². The van der Waals surface area contributed by atoms with Gasteiger partial charge in [-0.1, -0.05) is 30.3 Å². The average molecular weight is 272 g/mol. The van der Waals surface area contributed by atoms with Gasteiger partial charge in [-0.05, 0) is 0 Å². The lowest BCUT2D eigenvalue weighted by molar-refractivity contribution is -0.126. The fraction of sp³-hybridized carbons (Fsp3) is 0.200. The highest BCUT2D eigenvalue weighted by molar-refractivity contribution is 6.12. The second kappa shape index (κ2) is 4.52. The minimum absolute atomic E-state index is 0.0222. The molecule has 3 rings (SSSR count). The van der Waals surface area contributed by atoms with Gasteiger partial charge >= 0.3 is 0 Å². The molecule has 0 spiro atoms. The fourth-order valence-corrected chi connectivity index (χ4v) is 2.38. The Kier molecular flexibility index (Phi) is 2.82. The van der Waals surface area contributed by atoms with Crippen molar-refractivity contribution in [3.8, 4) is 0 Å². The third-order valence-electron chi connectivity index (χ3n) is 3.40. The van der Waals surface area contributed by atoms with Crippen LogP contribution < -0.4 is 0 Å². The van der Waals surface area contributed by atoms with E-state index >= 15 is 0 Å². The highest BCUT2D eigenvalue weighted by atomic mass is 16.5. The predicted octanol–water partition coefficient (Wildman–Crippen LogP) is 2.27. The highest BCUT2D eigenvalue weighted by Gasteiger charge is 2.40. The van der Waals surface area contributed by atoms with Crippen molar-refractivity contribution in [2.45, 2.75) is 18.9 Å². The Hall–Kier alpha value is -2.56. The number of hydrogen-bond acceptors (Lipinski definition) is 5. The first-order valence-corrected chi connectivity index (χ1v) is 6.24. The molecule has 0 radical (unpaired) electrons. The van der Waals surface area contributed by atoms with Gasteiger partial charge in [-0.25, -0.2) is 0 Å². The summed E-state index contributed by atoms with van der Waals surface area (Å²) in [5, 5.41) is 20.1. The van der Waals surface area contributed by atoms with Crippen LogP contribution in [0.2, 0.25) is 0 Å². The molecule has 0 bridgehead atoms. The smallest absolute Gasteiger partial charge is 0.198 e. The Morgan fingerprint density at radius 1 is 1.00 bits per heavy atom. The van der Waals surface area contributed by atoms with Crippen molar-refractivity contribution in [2.75, 3.05) is 0 Å². The van der Waals surface area contributed by atoms with Crippen LogP contribution in [-0.2, 0) is 14.3 Å². The fourth-order valence-electron chi connectivity index (χ4n) is 2.38. The maximum atomic E-state index is 11.9. The minimum atomic E-state index is -0.968. The molecule has 5 nitrogen and oxygen atoms in total. The maximum absolute atomic E-state index is 11.9. The number of rotatable bonds is 1. The number of carbonyl (C=O) groups excluding carboxylic acids is 2. The van der Waals surface area contributed by atoms with E-state index in [0.717, 1.165) is 0 Å². The topological polar surface area (TPSA) is 83.8 Å². The molecular formula is C15H12O5. The number of aliphatic hydroxyl groups is 2. The third kappa shape index (κ3) is 1.79. The first-order chi connectivity index (χ1) is 9.59. The molecule has 2 aliphatic rings. The van der Waals surface area contributed by atoms with Crippen LogP contribution in [-0.4, -0.2) is 21.8 Å². The average Bonchev–Trinajstić information content (AvgIpc) is 2.47. The molecule has 1 aromatic rings. The Morgan fingerprint density at radius 2 is 1.65 bits per heavy atom. The Balaban J connectivity index is 2.10. The normalized spacial score (nSPS) is 22.7. The van der Waals surface area contributed by atoms with E-state index < -0.39 is 23.4 Å². The lowest BCUT2D eigenvalue weighted by Gasteiger charge is -2.29. The molecule has 0 saturated heterocycles. The van der Waals surface area contributed by atoms with E-state index in [4.69, 9.17) is 4.74 Å². The van der Waals surface area contributed by atoms with Gasteiger partial charge in [0.1, 0.15) is 5.57 Å². The van der Waals surface area contributed by atoms with Gasteiger partial charge in [-0.2, -0.15) is 0 Å². The van der Waals surface area contributed by atoms with E-state index in [9.17, 15) is 19.8 Å². The molecule has 102 valence electrons. The molecule has 1 unspecified atom stereocenters. The summed E-state index contributed by atoms with van der Waals surface area (Å²) in [5.41, 5.74) is 0.389. The predicted molar refractivity (Wildman–Crippen MR) is 68.8 cm³/mol. The quantitative estimate of drug-likeness (QED) is 0.819. The summed E-state index contributed by atoms with van der Waals surface area (Å²) in [7, 11) is 0. The van der Waals surface area contributed by atoms with Crippen LogP contribution >= 0.6 is 0 Å². The number of ether oxygens (including phenoxy) is 1. The number of hydrogen-bond donors (Lipinski definition) is 2. The SMILES string of the molecule is O=C1CCC(=O)C2=C1OC(c1ccccc1)C(O)=C2O. The zero-order chi connectivity index (χ0) is 14.3. The number of carbonyl (C=O) groups is 2.